The number of fused-ring (bicyclic) bond motifs is 1. The maximum absolute atomic E-state index is 4.53. The summed E-state index contributed by atoms with van der Waals surface area (Å²) in [6, 6.07) is 2.02. The third-order valence-corrected chi connectivity index (χ3v) is 3.29. The van der Waals surface area contributed by atoms with Crippen LogP contribution in [-0.2, 0) is 13.1 Å². The predicted octanol–water partition coefficient (Wildman–Crippen LogP) is 1.36. The monoisotopic (exact) mass is 247 g/mol. The SMILES string of the molecule is CNCc1ccn(Cc2cn3ccsc3n2)n1. The average Bonchev–Trinajstić information content (AvgIpc) is 2.95. The second-order valence-corrected chi connectivity index (χ2v) is 4.73. The normalized spacial score (nSPS) is 11.4. The third kappa shape index (κ3) is 2.09. The Labute approximate surface area is 103 Å². The van der Waals surface area contributed by atoms with Gasteiger partial charge in [0, 0.05) is 30.5 Å². The molecule has 88 valence electrons. The van der Waals surface area contributed by atoms with Crippen LogP contribution in [0, 0.1) is 0 Å². The Morgan fingerprint density at radius 1 is 1.35 bits per heavy atom. The van der Waals surface area contributed by atoms with Crippen LogP contribution >= 0.6 is 11.3 Å². The van der Waals surface area contributed by atoms with Crippen molar-refractivity contribution in [3.63, 3.8) is 0 Å². The highest BCUT2D eigenvalue weighted by molar-refractivity contribution is 7.15. The fourth-order valence-electron chi connectivity index (χ4n) is 1.79. The first-order chi connectivity index (χ1) is 8.35. The molecular weight excluding hydrogens is 234 g/mol. The van der Waals surface area contributed by atoms with E-state index in [0.29, 0.717) is 0 Å². The van der Waals surface area contributed by atoms with Crippen molar-refractivity contribution in [1.29, 1.82) is 0 Å². The van der Waals surface area contributed by atoms with Crippen LogP contribution in [0.4, 0.5) is 0 Å². The number of nitrogens with zero attached hydrogens (tertiary/aromatic N) is 4. The molecular formula is C11H13N5S. The molecule has 3 aromatic rings. The molecule has 0 fully saturated rings. The van der Waals surface area contributed by atoms with E-state index < -0.39 is 0 Å². The quantitative estimate of drug-likeness (QED) is 0.757. The molecule has 0 amide bonds. The predicted molar refractivity (Wildman–Crippen MR) is 67.2 cm³/mol. The van der Waals surface area contributed by atoms with E-state index in [1.807, 2.05) is 46.2 Å². The number of hydrogen-bond donors (Lipinski definition) is 1. The molecule has 0 atom stereocenters. The summed E-state index contributed by atoms with van der Waals surface area (Å²) in [4.78, 5) is 5.56. The van der Waals surface area contributed by atoms with Crippen LogP contribution in [-0.4, -0.2) is 26.2 Å². The Hall–Kier alpha value is -1.66. The van der Waals surface area contributed by atoms with E-state index in [1.54, 1.807) is 11.3 Å². The van der Waals surface area contributed by atoms with Crippen LogP contribution < -0.4 is 5.32 Å². The van der Waals surface area contributed by atoms with Gasteiger partial charge >= 0.3 is 0 Å². The molecule has 0 radical (unpaired) electrons. The van der Waals surface area contributed by atoms with Crippen molar-refractivity contribution in [3.8, 4) is 0 Å². The second kappa shape index (κ2) is 4.31. The van der Waals surface area contributed by atoms with Gasteiger partial charge in [-0.15, -0.1) is 11.3 Å². The van der Waals surface area contributed by atoms with E-state index >= 15 is 0 Å². The maximum Gasteiger partial charge on any atom is 0.193 e. The van der Waals surface area contributed by atoms with Gasteiger partial charge in [-0.25, -0.2) is 4.98 Å². The Morgan fingerprint density at radius 3 is 3.12 bits per heavy atom. The summed E-state index contributed by atoms with van der Waals surface area (Å²) in [5.74, 6) is 0. The first-order valence-electron chi connectivity index (χ1n) is 5.43. The Morgan fingerprint density at radius 2 is 2.29 bits per heavy atom. The number of rotatable bonds is 4. The smallest absolute Gasteiger partial charge is 0.193 e. The highest BCUT2D eigenvalue weighted by Crippen LogP contribution is 2.12. The van der Waals surface area contributed by atoms with Crippen LogP contribution in [0.5, 0.6) is 0 Å². The molecule has 3 aromatic heterocycles. The van der Waals surface area contributed by atoms with Crippen molar-refractivity contribution in [1.82, 2.24) is 24.5 Å². The lowest BCUT2D eigenvalue weighted by atomic mass is 10.4. The third-order valence-electron chi connectivity index (χ3n) is 2.52. The molecule has 0 aromatic carbocycles. The summed E-state index contributed by atoms with van der Waals surface area (Å²) in [5, 5.41) is 9.58. The molecule has 0 aliphatic carbocycles. The standard InChI is InChI=1S/C11H13N5S/c1-12-6-9-2-3-16(14-9)8-10-7-15-4-5-17-11(15)13-10/h2-5,7,12H,6,8H2,1H3. The minimum absolute atomic E-state index is 0.720. The van der Waals surface area contributed by atoms with E-state index in [4.69, 9.17) is 0 Å². The largest absolute Gasteiger partial charge is 0.314 e. The van der Waals surface area contributed by atoms with E-state index in [1.165, 1.54) is 0 Å². The minimum Gasteiger partial charge on any atom is -0.314 e. The van der Waals surface area contributed by atoms with Gasteiger partial charge in [-0.2, -0.15) is 5.10 Å². The zero-order valence-electron chi connectivity index (χ0n) is 9.50. The van der Waals surface area contributed by atoms with Gasteiger partial charge in [0.25, 0.3) is 0 Å². The van der Waals surface area contributed by atoms with Gasteiger partial charge in [0.15, 0.2) is 4.96 Å². The summed E-state index contributed by atoms with van der Waals surface area (Å²) in [6.07, 6.45) is 6.05. The minimum atomic E-state index is 0.720. The lowest BCUT2D eigenvalue weighted by molar-refractivity contribution is 0.651. The molecule has 0 unspecified atom stereocenters. The summed E-state index contributed by atoms with van der Waals surface area (Å²) in [5.41, 5.74) is 2.09. The molecule has 0 bridgehead atoms. The topological polar surface area (TPSA) is 47.2 Å². The molecule has 5 nitrogen and oxygen atoms in total. The lowest BCUT2D eigenvalue weighted by Crippen LogP contribution is -2.07. The molecule has 3 rings (SSSR count). The van der Waals surface area contributed by atoms with Gasteiger partial charge < -0.3 is 5.32 Å². The summed E-state index contributed by atoms with van der Waals surface area (Å²) in [6.45, 7) is 1.52. The van der Waals surface area contributed by atoms with Gasteiger partial charge in [0.1, 0.15) is 0 Å². The van der Waals surface area contributed by atoms with Crippen molar-refractivity contribution in [3.05, 3.63) is 41.4 Å². The number of nitrogens with one attached hydrogen (secondary N) is 1. The first-order valence-corrected chi connectivity index (χ1v) is 6.31. The van der Waals surface area contributed by atoms with Crippen molar-refractivity contribution in [2.75, 3.05) is 7.05 Å². The fourth-order valence-corrected chi connectivity index (χ4v) is 2.50. The van der Waals surface area contributed by atoms with Gasteiger partial charge in [-0.05, 0) is 13.1 Å². The fraction of sp³-hybridized carbons (Fsp3) is 0.273. The van der Waals surface area contributed by atoms with Gasteiger partial charge in [-0.3, -0.25) is 9.08 Å². The van der Waals surface area contributed by atoms with E-state index in [2.05, 4.69) is 15.4 Å². The molecule has 6 heteroatoms. The zero-order valence-corrected chi connectivity index (χ0v) is 10.3. The number of hydrogen-bond acceptors (Lipinski definition) is 4. The molecule has 0 spiro atoms. The van der Waals surface area contributed by atoms with Gasteiger partial charge in [0.05, 0.1) is 17.9 Å². The average molecular weight is 247 g/mol. The van der Waals surface area contributed by atoms with Crippen LogP contribution in [0.1, 0.15) is 11.4 Å². The van der Waals surface area contributed by atoms with Crippen molar-refractivity contribution in [2.24, 2.45) is 0 Å². The molecule has 3 heterocycles. The van der Waals surface area contributed by atoms with Crippen LogP contribution in [0.15, 0.2) is 30.0 Å². The summed E-state index contributed by atoms with van der Waals surface area (Å²) < 4.78 is 3.96. The van der Waals surface area contributed by atoms with E-state index in [0.717, 1.165) is 29.4 Å². The molecule has 0 aliphatic rings. The first kappa shape index (κ1) is 10.5. The lowest BCUT2D eigenvalue weighted by Gasteiger charge is -1.97. The number of aromatic nitrogens is 4. The zero-order chi connectivity index (χ0) is 11.7. The molecule has 1 N–H and O–H groups in total. The van der Waals surface area contributed by atoms with E-state index in [9.17, 15) is 0 Å². The maximum atomic E-state index is 4.53. The van der Waals surface area contributed by atoms with Crippen LogP contribution in [0.2, 0.25) is 0 Å². The molecule has 0 aliphatic heterocycles. The van der Waals surface area contributed by atoms with Crippen LogP contribution in [0.25, 0.3) is 4.96 Å². The van der Waals surface area contributed by atoms with Gasteiger partial charge in [-0.1, -0.05) is 0 Å². The van der Waals surface area contributed by atoms with E-state index in [-0.39, 0.29) is 0 Å². The summed E-state index contributed by atoms with van der Waals surface area (Å²) >= 11 is 1.64. The number of thiazole rings is 1. The number of imidazole rings is 1. The van der Waals surface area contributed by atoms with Crippen molar-refractivity contribution in [2.45, 2.75) is 13.1 Å². The van der Waals surface area contributed by atoms with Gasteiger partial charge in [0.2, 0.25) is 0 Å². The van der Waals surface area contributed by atoms with Crippen molar-refractivity contribution < 1.29 is 0 Å². The highest BCUT2D eigenvalue weighted by Gasteiger charge is 2.04. The Balaban J connectivity index is 1.79. The van der Waals surface area contributed by atoms with Crippen molar-refractivity contribution >= 4 is 16.3 Å². The summed E-state index contributed by atoms with van der Waals surface area (Å²) in [7, 11) is 1.92. The Bertz CT molecular complexity index is 592. The molecule has 0 saturated heterocycles. The molecule has 17 heavy (non-hydrogen) atoms. The molecule has 0 saturated carbocycles. The Kier molecular flexibility index (Phi) is 2.66. The van der Waals surface area contributed by atoms with Crippen LogP contribution in [0.3, 0.4) is 0 Å². The highest BCUT2D eigenvalue weighted by atomic mass is 32.1. The second-order valence-electron chi connectivity index (χ2n) is 3.86.